The molecule has 0 radical (unpaired) electrons. The van der Waals surface area contributed by atoms with Crippen LogP contribution in [0.5, 0.6) is 5.75 Å². The molecular weight excluding hydrogens is 346 g/mol. The van der Waals surface area contributed by atoms with Gasteiger partial charge in [0.05, 0.1) is 5.25 Å². The molecule has 0 saturated carbocycles. The summed E-state index contributed by atoms with van der Waals surface area (Å²) >= 11 is 0. The Labute approximate surface area is 156 Å². The normalized spacial score (nSPS) is 17.3. The van der Waals surface area contributed by atoms with Gasteiger partial charge in [0.25, 0.3) is 0 Å². The van der Waals surface area contributed by atoms with E-state index in [1.807, 2.05) is 54.6 Å². The summed E-state index contributed by atoms with van der Waals surface area (Å²) in [6, 6.07) is 17.7. The van der Waals surface area contributed by atoms with Gasteiger partial charge in [-0.3, -0.25) is 0 Å². The number of ether oxygens (including phenoxy) is 1. The molecule has 0 spiro atoms. The van der Waals surface area contributed by atoms with Gasteiger partial charge in [0.1, 0.15) is 12.4 Å². The first kappa shape index (κ1) is 18.7. The largest absolute Gasteiger partial charge is 0.489 e. The van der Waals surface area contributed by atoms with Crippen LogP contribution in [0.15, 0.2) is 60.7 Å². The fraction of sp³-hybridized carbons (Fsp3) is 0.333. The lowest BCUT2D eigenvalue weighted by Gasteiger charge is -2.19. The standard InChI is InChI=1S/C21H25NO3S/c1-16(2)26(23,24)22-21-10-6-9-20(21)18-11-13-19(14-12-18)25-15-17-7-4-3-5-8-17/h3-5,7-9,11-14,16,21-22H,6,10,15H2,1-2H3. The molecule has 138 valence electrons. The predicted octanol–water partition coefficient (Wildman–Crippen LogP) is 4.14. The summed E-state index contributed by atoms with van der Waals surface area (Å²) in [6.07, 6.45) is 3.80. The SMILES string of the molecule is CC(C)S(=O)(=O)NC1CCC=C1c1ccc(OCc2ccccc2)cc1. The van der Waals surface area contributed by atoms with E-state index >= 15 is 0 Å². The van der Waals surface area contributed by atoms with Crippen molar-refractivity contribution in [3.05, 3.63) is 71.8 Å². The maximum Gasteiger partial charge on any atom is 0.214 e. The number of hydrogen-bond acceptors (Lipinski definition) is 3. The lowest BCUT2D eigenvalue weighted by atomic mass is 10.0. The summed E-state index contributed by atoms with van der Waals surface area (Å²) in [5, 5.41) is -0.432. The average molecular weight is 372 g/mol. The zero-order valence-electron chi connectivity index (χ0n) is 15.2. The molecule has 1 aliphatic carbocycles. The van der Waals surface area contributed by atoms with Crippen molar-refractivity contribution in [3.63, 3.8) is 0 Å². The monoisotopic (exact) mass is 371 g/mol. The predicted molar refractivity (Wildman–Crippen MR) is 105 cm³/mol. The number of benzene rings is 2. The Morgan fingerprint density at radius 3 is 2.42 bits per heavy atom. The average Bonchev–Trinajstić information content (AvgIpc) is 3.08. The lowest BCUT2D eigenvalue weighted by Crippen LogP contribution is -2.38. The quantitative estimate of drug-likeness (QED) is 0.796. The van der Waals surface area contributed by atoms with Gasteiger partial charge in [-0.25, -0.2) is 13.1 Å². The maximum absolute atomic E-state index is 12.2. The second kappa shape index (κ2) is 8.06. The van der Waals surface area contributed by atoms with Gasteiger partial charge >= 0.3 is 0 Å². The third-order valence-corrected chi connectivity index (χ3v) is 6.41. The summed E-state index contributed by atoms with van der Waals surface area (Å²) in [4.78, 5) is 0. The molecular formula is C21H25NO3S. The summed E-state index contributed by atoms with van der Waals surface area (Å²) in [5.74, 6) is 0.801. The Morgan fingerprint density at radius 1 is 1.08 bits per heavy atom. The molecule has 2 aromatic carbocycles. The smallest absolute Gasteiger partial charge is 0.214 e. The van der Waals surface area contributed by atoms with Crippen molar-refractivity contribution < 1.29 is 13.2 Å². The van der Waals surface area contributed by atoms with E-state index in [-0.39, 0.29) is 6.04 Å². The topological polar surface area (TPSA) is 55.4 Å². The zero-order valence-corrected chi connectivity index (χ0v) is 16.0. The highest BCUT2D eigenvalue weighted by molar-refractivity contribution is 7.90. The summed E-state index contributed by atoms with van der Waals surface area (Å²) < 4.78 is 33.0. The van der Waals surface area contributed by atoms with Gasteiger partial charge in [-0.05, 0) is 55.5 Å². The van der Waals surface area contributed by atoms with Crippen molar-refractivity contribution in [1.82, 2.24) is 4.72 Å². The third kappa shape index (κ3) is 4.54. The molecule has 0 saturated heterocycles. The Bertz CT molecular complexity index is 856. The van der Waals surface area contributed by atoms with Crippen LogP contribution < -0.4 is 9.46 Å². The van der Waals surface area contributed by atoms with Crippen molar-refractivity contribution in [3.8, 4) is 5.75 Å². The molecule has 0 aromatic heterocycles. The van der Waals surface area contributed by atoms with Gasteiger partial charge in [-0.15, -0.1) is 0 Å². The Balaban J connectivity index is 1.66. The highest BCUT2D eigenvalue weighted by atomic mass is 32.2. The van der Waals surface area contributed by atoms with Crippen LogP contribution in [0.2, 0.25) is 0 Å². The van der Waals surface area contributed by atoms with Crippen LogP contribution in [-0.4, -0.2) is 19.7 Å². The van der Waals surface area contributed by atoms with Crippen molar-refractivity contribution in [2.45, 2.75) is 44.6 Å². The van der Waals surface area contributed by atoms with Gasteiger partial charge in [-0.2, -0.15) is 0 Å². The first-order chi connectivity index (χ1) is 12.5. The fourth-order valence-electron chi connectivity index (χ4n) is 2.96. The number of rotatable bonds is 7. The second-order valence-electron chi connectivity index (χ2n) is 6.80. The molecule has 5 heteroatoms. The van der Waals surface area contributed by atoms with Gasteiger partial charge in [0, 0.05) is 6.04 Å². The van der Waals surface area contributed by atoms with Crippen LogP contribution in [0.3, 0.4) is 0 Å². The minimum Gasteiger partial charge on any atom is -0.489 e. The highest BCUT2D eigenvalue weighted by Gasteiger charge is 2.27. The molecule has 2 aromatic rings. The van der Waals surface area contributed by atoms with Crippen LogP contribution in [-0.2, 0) is 16.6 Å². The van der Waals surface area contributed by atoms with E-state index < -0.39 is 15.3 Å². The van der Waals surface area contributed by atoms with Crippen LogP contribution in [0.4, 0.5) is 0 Å². The first-order valence-electron chi connectivity index (χ1n) is 8.94. The van der Waals surface area contributed by atoms with Crippen LogP contribution in [0, 0.1) is 0 Å². The molecule has 1 unspecified atom stereocenters. The third-order valence-electron chi connectivity index (χ3n) is 4.56. The Hall–Kier alpha value is -2.11. The van der Waals surface area contributed by atoms with E-state index in [2.05, 4.69) is 10.8 Å². The molecule has 1 N–H and O–H groups in total. The zero-order chi connectivity index (χ0) is 18.6. The molecule has 0 heterocycles. The van der Waals surface area contributed by atoms with Crippen LogP contribution >= 0.6 is 0 Å². The van der Waals surface area contributed by atoms with Gasteiger partial charge < -0.3 is 4.74 Å². The minimum atomic E-state index is -3.29. The first-order valence-corrected chi connectivity index (χ1v) is 10.5. The molecule has 1 atom stereocenters. The molecule has 0 fully saturated rings. The van der Waals surface area contributed by atoms with Crippen molar-refractivity contribution >= 4 is 15.6 Å². The molecule has 1 aliphatic rings. The molecule has 4 nitrogen and oxygen atoms in total. The molecule has 0 aliphatic heterocycles. The maximum atomic E-state index is 12.2. The van der Waals surface area contributed by atoms with E-state index in [9.17, 15) is 8.42 Å². The minimum absolute atomic E-state index is 0.154. The number of nitrogens with one attached hydrogen (secondary N) is 1. The Kier molecular flexibility index (Phi) is 5.79. The van der Waals surface area contributed by atoms with E-state index in [1.165, 1.54) is 0 Å². The van der Waals surface area contributed by atoms with E-state index in [0.29, 0.717) is 6.61 Å². The molecule has 3 rings (SSSR count). The van der Waals surface area contributed by atoms with Crippen LogP contribution in [0.25, 0.3) is 5.57 Å². The van der Waals surface area contributed by atoms with Crippen molar-refractivity contribution in [2.24, 2.45) is 0 Å². The lowest BCUT2D eigenvalue weighted by molar-refractivity contribution is 0.306. The van der Waals surface area contributed by atoms with E-state index in [0.717, 1.165) is 35.3 Å². The number of sulfonamides is 1. The summed E-state index contributed by atoms with van der Waals surface area (Å²) in [7, 11) is -3.29. The summed E-state index contributed by atoms with van der Waals surface area (Å²) in [5.41, 5.74) is 3.20. The van der Waals surface area contributed by atoms with E-state index in [1.54, 1.807) is 13.8 Å². The number of hydrogen-bond donors (Lipinski definition) is 1. The summed E-state index contributed by atoms with van der Waals surface area (Å²) in [6.45, 7) is 3.92. The van der Waals surface area contributed by atoms with Gasteiger partial charge in [0.15, 0.2) is 0 Å². The molecule has 0 amide bonds. The molecule has 0 bridgehead atoms. The van der Waals surface area contributed by atoms with Gasteiger partial charge in [0.2, 0.25) is 10.0 Å². The van der Waals surface area contributed by atoms with Crippen molar-refractivity contribution in [1.29, 1.82) is 0 Å². The highest BCUT2D eigenvalue weighted by Crippen LogP contribution is 2.30. The van der Waals surface area contributed by atoms with E-state index in [4.69, 9.17) is 4.74 Å². The second-order valence-corrected chi connectivity index (χ2v) is 9.07. The van der Waals surface area contributed by atoms with Crippen molar-refractivity contribution in [2.75, 3.05) is 0 Å². The fourth-order valence-corrected chi connectivity index (χ4v) is 3.88. The van der Waals surface area contributed by atoms with Gasteiger partial charge in [-0.1, -0.05) is 48.5 Å². The van der Waals surface area contributed by atoms with Crippen LogP contribution in [0.1, 0.15) is 37.8 Å². The molecule has 26 heavy (non-hydrogen) atoms. The Morgan fingerprint density at radius 2 is 1.77 bits per heavy atom. The number of allylic oxidation sites excluding steroid dienone is 1.